The van der Waals surface area contributed by atoms with Crippen LogP contribution in [0.25, 0.3) is 0 Å². The van der Waals surface area contributed by atoms with Gasteiger partial charge < -0.3 is 4.42 Å². The maximum Gasteiger partial charge on any atom is 0.256 e. The molecule has 2 fully saturated rings. The van der Waals surface area contributed by atoms with Gasteiger partial charge in [0.2, 0.25) is 37.7 Å². The second-order valence-corrected chi connectivity index (χ2v) is 14.3. The van der Waals surface area contributed by atoms with Crippen molar-refractivity contribution >= 4 is 31.9 Å². The monoisotopic (exact) mass is 668 g/mol. The van der Waals surface area contributed by atoms with Gasteiger partial charge in [0, 0.05) is 26.9 Å². The van der Waals surface area contributed by atoms with Crippen molar-refractivity contribution in [3.63, 3.8) is 0 Å². The molecule has 0 bridgehead atoms. The number of sulfonamides is 2. The summed E-state index contributed by atoms with van der Waals surface area (Å²) in [6.45, 7) is 3.47. The quantitative estimate of drug-likeness (QED) is 0.375. The molecule has 1 aromatic heterocycles. The molecule has 0 unspecified atom stereocenters. The number of aryl methyl sites for hydroxylation is 1. The summed E-state index contributed by atoms with van der Waals surface area (Å²) in [4.78, 5) is 23.0. The fraction of sp³-hybridized carbons (Fsp3) is 0.429. The van der Waals surface area contributed by atoms with E-state index in [9.17, 15) is 35.2 Å². The lowest BCUT2D eigenvalue weighted by Crippen LogP contribution is -2.55. The maximum absolute atomic E-state index is 13.0. The summed E-state index contributed by atoms with van der Waals surface area (Å²) in [6, 6.07) is 7.91. The van der Waals surface area contributed by atoms with Gasteiger partial charge in [-0.25, -0.2) is 25.6 Å². The first-order valence-corrected chi connectivity index (χ1v) is 17.1. The summed E-state index contributed by atoms with van der Waals surface area (Å²) >= 11 is 0. The van der Waals surface area contributed by atoms with E-state index in [1.54, 1.807) is 6.92 Å². The highest BCUT2D eigenvalue weighted by atomic mass is 32.2. The molecule has 2 saturated heterocycles. The number of amides is 2. The third-order valence-electron chi connectivity index (χ3n) is 7.24. The van der Waals surface area contributed by atoms with Crippen molar-refractivity contribution < 1.29 is 39.6 Å². The number of nitrogens with zero attached hydrogens (tertiary/aromatic N) is 4. The second kappa shape index (κ2) is 14.5. The van der Waals surface area contributed by atoms with Crippen LogP contribution in [0.4, 0.5) is 8.78 Å². The van der Waals surface area contributed by atoms with Gasteiger partial charge in [0.05, 0.1) is 9.79 Å². The molecule has 0 radical (unpaired) electrons. The Hall–Kier alpha value is -3.80. The molecule has 13 nitrogen and oxygen atoms in total. The molecule has 2 aliphatic rings. The van der Waals surface area contributed by atoms with E-state index in [4.69, 9.17) is 4.42 Å². The Morgan fingerprint density at radius 1 is 0.778 bits per heavy atom. The summed E-state index contributed by atoms with van der Waals surface area (Å²) in [6.07, 6.45) is 3.97. The van der Waals surface area contributed by atoms with Crippen molar-refractivity contribution in [1.29, 1.82) is 0 Å². The Kier molecular flexibility index (Phi) is 11.0. The zero-order valence-corrected chi connectivity index (χ0v) is 26.3. The number of carbonyl (C=O) groups is 2. The summed E-state index contributed by atoms with van der Waals surface area (Å²) in [5, 5.41) is 7.73. The predicted molar refractivity (Wildman–Crippen MR) is 156 cm³/mol. The van der Waals surface area contributed by atoms with Crippen molar-refractivity contribution in [3.05, 3.63) is 71.9 Å². The molecule has 17 heteroatoms. The third-order valence-corrected chi connectivity index (χ3v) is 11.1. The highest BCUT2D eigenvalue weighted by molar-refractivity contribution is 7.89. The number of hydrogen-bond acceptors (Lipinski definition) is 9. The molecule has 2 atom stereocenters. The lowest BCUT2D eigenvalue weighted by atomic mass is 10.0. The van der Waals surface area contributed by atoms with Crippen LogP contribution in [-0.2, 0) is 29.6 Å². The summed E-state index contributed by atoms with van der Waals surface area (Å²) in [5.74, 6) is -1.35. The first-order chi connectivity index (χ1) is 21.3. The Morgan fingerprint density at radius 2 is 1.29 bits per heavy atom. The van der Waals surface area contributed by atoms with Gasteiger partial charge in [-0.15, -0.1) is 10.2 Å². The molecule has 2 aliphatic heterocycles. The van der Waals surface area contributed by atoms with E-state index >= 15 is 0 Å². The first-order valence-electron chi connectivity index (χ1n) is 14.2. The van der Waals surface area contributed by atoms with Crippen LogP contribution in [-0.4, -0.2) is 66.6 Å². The van der Waals surface area contributed by atoms with E-state index < -0.39 is 55.6 Å². The van der Waals surface area contributed by atoms with Crippen LogP contribution in [0.15, 0.2) is 62.7 Å². The van der Waals surface area contributed by atoms with Crippen molar-refractivity contribution in [2.75, 3.05) is 13.1 Å². The van der Waals surface area contributed by atoms with Gasteiger partial charge in [0.25, 0.3) is 5.91 Å². The van der Waals surface area contributed by atoms with Crippen LogP contribution < -0.4 is 10.9 Å². The van der Waals surface area contributed by atoms with Gasteiger partial charge in [0.1, 0.15) is 23.7 Å². The molecular weight excluding hydrogens is 634 g/mol. The van der Waals surface area contributed by atoms with E-state index in [1.165, 1.54) is 35.5 Å². The molecule has 2 aromatic carbocycles. The van der Waals surface area contributed by atoms with Gasteiger partial charge in [-0.2, -0.15) is 8.61 Å². The van der Waals surface area contributed by atoms with Crippen LogP contribution in [0.5, 0.6) is 0 Å². The molecule has 45 heavy (non-hydrogen) atoms. The summed E-state index contributed by atoms with van der Waals surface area (Å²) in [7, 11) is -7.65. The molecule has 0 saturated carbocycles. The van der Waals surface area contributed by atoms with Crippen molar-refractivity contribution in [2.24, 2.45) is 0 Å². The van der Waals surface area contributed by atoms with Crippen LogP contribution in [0.1, 0.15) is 63.3 Å². The highest BCUT2D eigenvalue weighted by Crippen LogP contribution is 2.35. The van der Waals surface area contributed by atoms with Crippen LogP contribution in [0.3, 0.4) is 0 Å². The third kappa shape index (κ3) is 8.27. The highest BCUT2D eigenvalue weighted by Gasteiger charge is 2.38. The van der Waals surface area contributed by atoms with E-state index in [1.807, 2.05) is 0 Å². The number of piperidine rings is 2. The fourth-order valence-electron chi connectivity index (χ4n) is 5.06. The largest absolute Gasteiger partial charge is 0.424 e. The molecule has 3 heterocycles. The number of hydrazine groups is 1. The minimum atomic E-state index is -3.92. The zero-order chi connectivity index (χ0) is 32.8. The van der Waals surface area contributed by atoms with Crippen LogP contribution in [0.2, 0.25) is 0 Å². The van der Waals surface area contributed by atoms with Gasteiger partial charge >= 0.3 is 0 Å². The molecular formula is C28H34F2N6O7S2. The Labute approximate surface area is 260 Å². The number of carbonyl (C=O) groups excluding carboxylic acids is 2. The van der Waals surface area contributed by atoms with Crippen molar-refractivity contribution in [1.82, 2.24) is 29.7 Å². The Bertz CT molecular complexity index is 1700. The molecule has 244 valence electrons. The molecule has 2 N–H and O–H groups in total. The van der Waals surface area contributed by atoms with Crippen LogP contribution in [0, 0.1) is 18.6 Å². The Balaban J connectivity index is 0.000000205. The first kappa shape index (κ1) is 34.1. The van der Waals surface area contributed by atoms with Crippen molar-refractivity contribution in [3.8, 4) is 0 Å². The number of benzene rings is 2. The lowest BCUT2D eigenvalue weighted by molar-refractivity contribution is -0.130. The predicted octanol–water partition coefficient (Wildman–Crippen LogP) is 2.97. The molecule has 5 rings (SSSR count). The number of nitrogens with one attached hydrogen (secondary N) is 2. The summed E-state index contributed by atoms with van der Waals surface area (Å²) < 4.78 is 84.9. The zero-order valence-electron chi connectivity index (χ0n) is 24.6. The minimum Gasteiger partial charge on any atom is -0.424 e. The van der Waals surface area contributed by atoms with Crippen LogP contribution >= 0.6 is 0 Å². The number of aromatic nitrogens is 2. The number of hydrogen-bond donors (Lipinski definition) is 2. The maximum atomic E-state index is 13.0. The van der Waals surface area contributed by atoms with E-state index in [0.717, 1.165) is 41.4 Å². The molecule has 3 aromatic rings. The summed E-state index contributed by atoms with van der Waals surface area (Å²) in [5.41, 5.74) is 4.36. The van der Waals surface area contributed by atoms with Gasteiger partial charge in [-0.3, -0.25) is 20.4 Å². The standard InChI is InChI=1S/C14H18FN3O4S.C14H16FN3O3S/c1-10(19)16-17-14(20)13-4-2-3-9-18(13)23(21,22)12-7-5-11(15)6-8-12;1-10-16-17-14(21-10)13-4-2-3-9-18(13)22(19,20)12-7-5-11(15)6-8-12/h5-8,13H,2-4,9H2,1H3,(H,16,19)(H,17,20);5-8,13H,2-4,9H2,1H3/t2*13-/m00/s1. The average Bonchev–Trinajstić information content (AvgIpc) is 3.46. The average molecular weight is 669 g/mol. The van der Waals surface area contributed by atoms with E-state index in [2.05, 4.69) is 21.0 Å². The minimum absolute atomic E-state index is 0.0667. The van der Waals surface area contributed by atoms with Gasteiger partial charge in [-0.05, 0) is 74.2 Å². The molecule has 0 aliphatic carbocycles. The SMILES string of the molecule is CC(=O)NNC(=O)[C@@H]1CCCCN1S(=O)(=O)c1ccc(F)cc1.Cc1nnc([C@@H]2CCCCN2S(=O)(=O)c2ccc(F)cc2)o1. The lowest BCUT2D eigenvalue weighted by Gasteiger charge is -2.33. The smallest absolute Gasteiger partial charge is 0.256 e. The topological polar surface area (TPSA) is 172 Å². The van der Waals surface area contributed by atoms with Gasteiger partial charge in [-0.1, -0.05) is 12.8 Å². The molecule has 2 amide bonds. The Morgan fingerprint density at radius 3 is 1.80 bits per heavy atom. The van der Waals surface area contributed by atoms with Crippen molar-refractivity contribution in [2.45, 2.75) is 74.2 Å². The number of rotatable bonds is 6. The molecule has 0 spiro atoms. The normalized spacial score (nSPS) is 19.6. The second-order valence-electron chi connectivity index (χ2n) is 10.5. The van der Waals surface area contributed by atoms with E-state index in [0.29, 0.717) is 44.0 Å². The van der Waals surface area contributed by atoms with E-state index in [-0.39, 0.29) is 16.3 Å². The van der Waals surface area contributed by atoms with Gasteiger partial charge in [0.15, 0.2) is 0 Å². The number of halogens is 2. The fourth-order valence-corrected chi connectivity index (χ4v) is 8.36.